The summed E-state index contributed by atoms with van der Waals surface area (Å²) >= 11 is 6.01. The first-order valence-electron chi connectivity index (χ1n) is 9.73. The minimum atomic E-state index is -3.86. The van der Waals surface area contributed by atoms with E-state index < -0.39 is 15.9 Å². The second kappa shape index (κ2) is 9.68. The lowest BCUT2D eigenvalue weighted by Crippen LogP contribution is -2.43. The first kappa shape index (κ1) is 22.4. The highest BCUT2D eigenvalue weighted by atomic mass is 35.5. The Labute approximate surface area is 182 Å². The Hall–Kier alpha value is -2.29. The number of anilines is 1. The lowest BCUT2D eigenvalue weighted by Gasteiger charge is -2.31. The molecule has 3 rings (SSSR count). The predicted molar refractivity (Wildman–Crippen MR) is 116 cm³/mol. The fourth-order valence-electron chi connectivity index (χ4n) is 3.45. The molecule has 2 aromatic carbocycles. The number of hydrogen-bond acceptors (Lipinski definition) is 5. The second-order valence-corrected chi connectivity index (χ2v) is 9.26. The van der Waals surface area contributed by atoms with E-state index in [0.717, 1.165) is 0 Å². The minimum Gasteiger partial charge on any atom is -0.495 e. The molecule has 1 fully saturated rings. The standard InChI is InChI=1S/C21H25ClN2O5S/c1-3-29-18-9-5-4-8-17(18)23-21(25)15-7-6-12-24(14-15)30(26,27)20-13-16(22)10-11-19(20)28-2/h4-5,8-11,13,15H,3,6-7,12,14H2,1-2H3,(H,23,25)/t15-/m0/s1. The van der Waals surface area contributed by atoms with E-state index in [0.29, 0.717) is 42.5 Å². The first-order chi connectivity index (χ1) is 14.4. The number of nitrogens with zero attached hydrogens (tertiary/aromatic N) is 1. The number of nitrogens with one attached hydrogen (secondary N) is 1. The van der Waals surface area contributed by atoms with Crippen molar-refractivity contribution in [3.8, 4) is 11.5 Å². The van der Waals surface area contributed by atoms with Gasteiger partial charge in [0.1, 0.15) is 16.4 Å². The van der Waals surface area contributed by atoms with Crippen molar-refractivity contribution in [3.05, 3.63) is 47.5 Å². The van der Waals surface area contributed by atoms with E-state index in [1.54, 1.807) is 24.3 Å². The molecule has 0 saturated carbocycles. The molecule has 1 aliphatic heterocycles. The number of piperidine rings is 1. The van der Waals surface area contributed by atoms with Crippen LogP contribution in [0.2, 0.25) is 5.02 Å². The van der Waals surface area contributed by atoms with Gasteiger partial charge in [-0.1, -0.05) is 23.7 Å². The topological polar surface area (TPSA) is 84.9 Å². The molecule has 1 amide bonds. The molecule has 1 saturated heterocycles. The van der Waals surface area contributed by atoms with Gasteiger partial charge in [0.15, 0.2) is 0 Å². The van der Waals surface area contributed by atoms with Crippen LogP contribution >= 0.6 is 11.6 Å². The molecule has 1 aliphatic rings. The van der Waals surface area contributed by atoms with Gasteiger partial charge in [-0.25, -0.2) is 8.42 Å². The molecule has 30 heavy (non-hydrogen) atoms. The van der Waals surface area contributed by atoms with Crippen molar-refractivity contribution in [1.29, 1.82) is 0 Å². The van der Waals surface area contributed by atoms with Crippen molar-refractivity contribution in [3.63, 3.8) is 0 Å². The number of para-hydroxylation sites is 2. The van der Waals surface area contributed by atoms with Crippen LogP contribution in [0.3, 0.4) is 0 Å². The van der Waals surface area contributed by atoms with Crippen molar-refractivity contribution >= 4 is 33.2 Å². The van der Waals surface area contributed by atoms with Gasteiger partial charge in [-0.3, -0.25) is 4.79 Å². The van der Waals surface area contributed by atoms with Crippen LogP contribution in [0.5, 0.6) is 11.5 Å². The summed E-state index contributed by atoms with van der Waals surface area (Å²) in [5.41, 5.74) is 0.570. The molecule has 1 heterocycles. The zero-order valence-electron chi connectivity index (χ0n) is 16.9. The Bertz CT molecular complexity index is 1010. The molecule has 9 heteroatoms. The van der Waals surface area contributed by atoms with Gasteiger partial charge in [0, 0.05) is 18.1 Å². The number of halogens is 1. The number of hydrogen-bond donors (Lipinski definition) is 1. The molecule has 7 nitrogen and oxygen atoms in total. The van der Waals surface area contributed by atoms with Crippen molar-refractivity contribution in [2.24, 2.45) is 5.92 Å². The van der Waals surface area contributed by atoms with E-state index in [9.17, 15) is 13.2 Å². The van der Waals surface area contributed by atoms with Crippen molar-refractivity contribution < 1.29 is 22.7 Å². The Morgan fingerprint density at radius 2 is 2.00 bits per heavy atom. The van der Waals surface area contributed by atoms with Crippen molar-refractivity contribution in [2.45, 2.75) is 24.7 Å². The van der Waals surface area contributed by atoms with Gasteiger partial charge in [-0.15, -0.1) is 0 Å². The summed E-state index contributed by atoms with van der Waals surface area (Å²) in [7, 11) is -2.46. The van der Waals surface area contributed by atoms with E-state index in [1.165, 1.54) is 23.5 Å². The van der Waals surface area contributed by atoms with Crippen molar-refractivity contribution in [2.75, 3.05) is 32.1 Å². The molecule has 0 bridgehead atoms. The maximum Gasteiger partial charge on any atom is 0.246 e. The van der Waals surface area contributed by atoms with E-state index in [4.69, 9.17) is 21.1 Å². The maximum absolute atomic E-state index is 13.2. The minimum absolute atomic E-state index is 0.000231. The van der Waals surface area contributed by atoms with E-state index in [1.807, 2.05) is 13.0 Å². The van der Waals surface area contributed by atoms with Gasteiger partial charge in [-0.2, -0.15) is 4.31 Å². The molecule has 0 aromatic heterocycles. The normalized spacial score (nSPS) is 17.4. The summed E-state index contributed by atoms with van der Waals surface area (Å²) in [6.45, 7) is 2.76. The highest BCUT2D eigenvalue weighted by Crippen LogP contribution is 2.32. The quantitative estimate of drug-likeness (QED) is 0.690. The molecule has 0 radical (unpaired) electrons. The molecule has 1 atom stereocenters. The summed E-state index contributed by atoms with van der Waals surface area (Å²) in [6, 6.07) is 11.6. The second-order valence-electron chi connectivity index (χ2n) is 6.92. The zero-order chi connectivity index (χ0) is 21.7. The molecule has 162 valence electrons. The van der Waals surface area contributed by atoms with Gasteiger partial charge in [0.25, 0.3) is 0 Å². The van der Waals surface area contributed by atoms with Crippen LogP contribution < -0.4 is 14.8 Å². The number of carbonyl (C=O) groups is 1. The number of sulfonamides is 1. The monoisotopic (exact) mass is 452 g/mol. The third-order valence-electron chi connectivity index (χ3n) is 4.94. The van der Waals surface area contributed by atoms with Gasteiger partial charge in [-0.05, 0) is 50.1 Å². The number of ether oxygens (including phenoxy) is 2. The lowest BCUT2D eigenvalue weighted by atomic mass is 9.98. The highest BCUT2D eigenvalue weighted by Gasteiger charge is 2.35. The van der Waals surface area contributed by atoms with Crippen molar-refractivity contribution in [1.82, 2.24) is 4.31 Å². The smallest absolute Gasteiger partial charge is 0.246 e. The third kappa shape index (κ3) is 4.88. The fourth-order valence-corrected chi connectivity index (χ4v) is 5.39. The number of rotatable bonds is 7. The van der Waals surface area contributed by atoms with Gasteiger partial charge >= 0.3 is 0 Å². The number of benzene rings is 2. The van der Waals surface area contributed by atoms with E-state index >= 15 is 0 Å². The molecule has 0 spiro atoms. The molecular weight excluding hydrogens is 428 g/mol. The molecular formula is C21H25ClN2O5S. The van der Waals surface area contributed by atoms with Gasteiger partial charge in [0.2, 0.25) is 15.9 Å². The molecule has 1 N–H and O–H groups in total. The van der Waals surface area contributed by atoms with Gasteiger partial charge < -0.3 is 14.8 Å². The third-order valence-corrected chi connectivity index (χ3v) is 7.06. The predicted octanol–water partition coefficient (Wildman–Crippen LogP) is 3.79. The van der Waals surface area contributed by atoms with Crippen LogP contribution in [0.15, 0.2) is 47.4 Å². The fraction of sp³-hybridized carbons (Fsp3) is 0.381. The average Bonchev–Trinajstić information content (AvgIpc) is 2.75. The van der Waals surface area contributed by atoms with Crippen LogP contribution in [-0.2, 0) is 14.8 Å². The number of carbonyl (C=O) groups excluding carboxylic acids is 1. The van der Waals surface area contributed by atoms with Crippen LogP contribution in [-0.4, -0.2) is 45.4 Å². The number of amides is 1. The molecule has 2 aromatic rings. The first-order valence-corrected chi connectivity index (χ1v) is 11.5. The average molecular weight is 453 g/mol. The Morgan fingerprint density at radius 1 is 1.23 bits per heavy atom. The summed E-state index contributed by atoms with van der Waals surface area (Å²) in [6.07, 6.45) is 1.18. The summed E-state index contributed by atoms with van der Waals surface area (Å²) in [5.74, 6) is 0.0856. The molecule has 0 aliphatic carbocycles. The molecule has 0 unspecified atom stereocenters. The Morgan fingerprint density at radius 3 is 2.73 bits per heavy atom. The van der Waals surface area contributed by atoms with Crippen LogP contribution in [0.25, 0.3) is 0 Å². The summed E-state index contributed by atoms with van der Waals surface area (Å²) < 4.78 is 38.5. The number of methoxy groups -OCH3 is 1. The lowest BCUT2D eigenvalue weighted by molar-refractivity contribution is -0.120. The summed E-state index contributed by atoms with van der Waals surface area (Å²) in [5, 5.41) is 3.18. The highest BCUT2D eigenvalue weighted by molar-refractivity contribution is 7.89. The van der Waals surface area contributed by atoms with Crippen LogP contribution in [0.4, 0.5) is 5.69 Å². The Balaban J connectivity index is 1.78. The Kier molecular flexibility index (Phi) is 7.23. The van der Waals surface area contributed by atoms with Crippen LogP contribution in [0, 0.1) is 5.92 Å². The van der Waals surface area contributed by atoms with E-state index in [-0.39, 0.29) is 23.1 Å². The van der Waals surface area contributed by atoms with Gasteiger partial charge in [0.05, 0.1) is 25.3 Å². The SMILES string of the molecule is CCOc1ccccc1NC(=O)[C@H]1CCCN(S(=O)(=O)c2cc(Cl)ccc2OC)C1. The summed E-state index contributed by atoms with van der Waals surface area (Å²) in [4.78, 5) is 12.9. The van der Waals surface area contributed by atoms with E-state index in [2.05, 4.69) is 5.32 Å². The largest absolute Gasteiger partial charge is 0.495 e. The van der Waals surface area contributed by atoms with Crippen LogP contribution in [0.1, 0.15) is 19.8 Å². The maximum atomic E-state index is 13.2. The zero-order valence-corrected chi connectivity index (χ0v) is 18.5.